The van der Waals surface area contributed by atoms with Crippen molar-refractivity contribution in [1.82, 2.24) is 9.97 Å². The van der Waals surface area contributed by atoms with Gasteiger partial charge in [0, 0.05) is 12.6 Å². The fourth-order valence-electron chi connectivity index (χ4n) is 2.32. The Hall–Kier alpha value is -3.22. The Morgan fingerprint density at radius 2 is 1.72 bits per heavy atom. The zero-order valence-electron chi connectivity index (χ0n) is 13.3. The Morgan fingerprint density at radius 1 is 0.960 bits per heavy atom. The van der Waals surface area contributed by atoms with Gasteiger partial charge in [-0.25, -0.2) is 18.7 Å². The second kappa shape index (κ2) is 7.57. The number of aromatic nitrogens is 2. The number of hydrogen-bond donors (Lipinski definition) is 3. The summed E-state index contributed by atoms with van der Waals surface area (Å²) in [6, 6.07) is 13.2. The molecule has 1 heterocycles. The van der Waals surface area contributed by atoms with E-state index in [-0.39, 0.29) is 17.2 Å². The third-order valence-electron chi connectivity index (χ3n) is 3.62. The Kier molecular flexibility index (Phi) is 5.03. The van der Waals surface area contributed by atoms with Crippen LogP contribution in [0.4, 0.5) is 31.8 Å². The molecule has 0 aliphatic heterocycles. The van der Waals surface area contributed by atoms with Crippen LogP contribution in [0.2, 0.25) is 0 Å². The molecule has 0 saturated heterocycles. The predicted octanol–water partition coefficient (Wildman–Crippen LogP) is 3.74. The first-order valence-electron chi connectivity index (χ1n) is 7.74. The van der Waals surface area contributed by atoms with Crippen molar-refractivity contribution in [3.05, 3.63) is 72.1 Å². The summed E-state index contributed by atoms with van der Waals surface area (Å²) in [4.78, 5) is 8.12. The summed E-state index contributed by atoms with van der Waals surface area (Å²) < 4.78 is 26.7. The minimum Gasteiger partial charge on any atom is -0.393 e. The highest BCUT2D eigenvalue weighted by atomic mass is 19.1. The Labute approximate surface area is 143 Å². The maximum atomic E-state index is 13.8. The monoisotopic (exact) mass is 341 g/mol. The number of anilines is 4. The fourth-order valence-corrected chi connectivity index (χ4v) is 2.32. The third-order valence-corrected chi connectivity index (χ3v) is 3.62. The quantitative estimate of drug-likeness (QED) is 0.637. The number of hydrogen-bond acceptors (Lipinski definition) is 5. The van der Waals surface area contributed by atoms with Crippen LogP contribution >= 0.6 is 0 Å². The number of nitrogens with zero attached hydrogens (tertiary/aromatic N) is 2. The molecule has 0 radical (unpaired) electrons. The number of nitrogens with two attached hydrogens (primary N) is 1. The van der Waals surface area contributed by atoms with Crippen LogP contribution in [0.25, 0.3) is 0 Å². The molecule has 7 heteroatoms. The Bertz CT molecular complexity index is 855. The van der Waals surface area contributed by atoms with Crippen LogP contribution in [0.1, 0.15) is 5.56 Å². The molecule has 0 aliphatic rings. The normalized spacial score (nSPS) is 10.5. The van der Waals surface area contributed by atoms with E-state index in [9.17, 15) is 8.78 Å². The van der Waals surface area contributed by atoms with Crippen LogP contribution in [-0.2, 0) is 6.42 Å². The molecule has 4 N–H and O–H groups in total. The van der Waals surface area contributed by atoms with E-state index in [1.807, 2.05) is 30.3 Å². The molecule has 0 atom stereocenters. The minimum absolute atomic E-state index is 0.0852. The van der Waals surface area contributed by atoms with Crippen LogP contribution in [0.5, 0.6) is 0 Å². The van der Waals surface area contributed by atoms with E-state index >= 15 is 0 Å². The molecule has 128 valence electrons. The first kappa shape index (κ1) is 16.6. The fraction of sp³-hybridized carbons (Fsp3) is 0.111. The number of halogens is 2. The molecule has 0 bridgehead atoms. The summed E-state index contributed by atoms with van der Waals surface area (Å²) in [6.07, 6.45) is 2.13. The summed E-state index contributed by atoms with van der Waals surface area (Å²) in [5.41, 5.74) is 7.58. The average molecular weight is 341 g/mol. The van der Waals surface area contributed by atoms with Gasteiger partial charge in [-0.1, -0.05) is 30.3 Å². The molecule has 25 heavy (non-hydrogen) atoms. The number of nitrogen functional groups attached to an aromatic ring is 1. The summed E-state index contributed by atoms with van der Waals surface area (Å²) in [5.74, 6) is -0.669. The smallest absolute Gasteiger partial charge is 0.159 e. The van der Waals surface area contributed by atoms with Gasteiger partial charge in [0.1, 0.15) is 23.6 Å². The van der Waals surface area contributed by atoms with E-state index in [1.165, 1.54) is 18.0 Å². The van der Waals surface area contributed by atoms with Crippen molar-refractivity contribution >= 4 is 23.0 Å². The van der Waals surface area contributed by atoms with Crippen LogP contribution < -0.4 is 16.4 Å². The van der Waals surface area contributed by atoms with E-state index in [0.717, 1.165) is 18.6 Å². The van der Waals surface area contributed by atoms with E-state index in [2.05, 4.69) is 20.6 Å². The van der Waals surface area contributed by atoms with Crippen molar-refractivity contribution in [2.45, 2.75) is 6.42 Å². The van der Waals surface area contributed by atoms with Gasteiger partial charge in [-0.2, -0.15) is 0 Å². The van der Waals surface area contributed by atoms with Gasteiger partial charge in [-0.05, 0) is 24.1 Å². The van der Waals surface area contributed by atoms with Gasteiger partial charge in [0.2, 0.25) is 0 Å². The molecular weight excluding hydrogens is 324 g/mol. The lowest BCUT2D eigenvalue weighted by Gasteiger charge is -2.13. The molecule has 0 amide bonds. The van der Waals surface area contributed by atoms with Crippen LogP contribution in [0, 0.1) is 11.6 Å². The maximum absolute atomic E-state index is 13.8. The lowest BCUT2D eigenvalue weighted by molar-refractivity contribution is 0.586. The lowest BCUT2D eigenvalue weighted by atomic mass is 10.1. The molecule has 0 unspecified atom stereocenters. The summed E-state index contributed by atoms with van der Waals surface area (Å²) in [6.45, 7) is 0.635. The molecular formula is C18H17F2N5. The Balaban J connectivity index is 1.69. The number of nitrogens with one attached hydrogen (secondary N) is 2. The zero-order chi connectivity index (χ0) is 17.6. The molecule has 0 saturated carbocycles. The molecule has 0 aliphatic carbocycles. The highest BCUT2D eigenvalue weighted by Crippen LogP contribution is 2.27. The van der Waals surface area contributed by atoms with Gasteiger partial charge in [0.15, 0.2) is 11.6 Å². The lowest BCUT2D eigenvalue weighted by Crippen LogP contribution is -2.11. The van der Waals surface area contributed by atoms with Crippen molar-refractivity contribution in [2.75, 3.05) is 22.9 Å². The van der Waals surface area contributed by atoms with Crippen molar-refractivity contribution in [1.29, 1.82) is 0 Å². The van der Waals surface area contributed by atoms with Gasteiger partial charge in [-0.15, -0.1) is 0 Å². The average Bonchev–Trinajstić information content (AvgIpc) is 2.61. The highest BCUT2D eigenvalue weighted by Gasteiger charge is 2.11. The highest BCUT2D eigenvalue weighted by molar-refractivity contribution is 5.77. The van der Waals surface area contributed by atoms with Crippen LogP contribution in [-0.4, -0.2) is 16.5 Å². The van der Waals surface area contributed by atoms with E-state index < -0.39 is 11.6 Å². The summed E-state index contributed by atoms with van der Waals surface area (Å²) >= 11 is 0. The molecule has 3 aromatic rings. The minimum atomic E-state index is -0.725. The summed E-state index contributed by atoms with van der Waals surface area (Å²) in [7, 11) is 0. The molecule has 5 nitrogen and oxygen atoms in total. The van der Waals surface area contributed by atoms with Crippen molar-refractivity contribution in [3.63, 3.8) is 0 Å². The Morgan fingerprint density at radius 3 is 2.48 bits per heavy atom. The number of benzene rings is 2. The number of rotatable bonds is 6. The first-order valence-corrected chi connectivity index (χ1v) is 7.74. The standard InChI is InChI=1S/C18H17F2N5/c19-13-6-7-15(14(20)10-13)25-18-16(21)17(23-11-24-18)22-9-8-12-4-2-1-3-5-12/h1-7,10-11H,8-9,21H2,(H2,22,23,24,25). The topological polar surface area (TPSA) is 75.9 Å². The largest absolute Gasteiger partial charge is 0.393 e. The van der Waals surface area contributed by atoms with Gasteiger partial charge >= 0.3 is 0 Å². The zero-order valence-corrected chi connectivity index (χ0v) is 13.3. The molecule has 0 spiro atoms. The van der Waals surface area contributed by atoms with Crippen molar-refractivity contribution in [2.24, 2.45) is 0 Å². The van der Waals surface area contributed by atoms with E-state index in [1.54, 1.807) is 0 Å². The van der Waals surface area contributed by atoms with Crippen LogP contribution in [0.3, 0.4) is 0 Å². The van der Waals surface area contributed by atoms with Crippen LogP contribution in [0.15, 0.2) is 54.9 Å². The first-order chi connectivity index (χ1) is 12.1. The third kappa shape index (κ3) is 4.20. The van der Waals surface area contributed by atoms with Gasteiger partial charge in [-0.3, -0.25) is 0 Å². The van der Waals surface area contributed by atoms with Gasteiger partial charge in [0.25, 0.3) is 0 Å². The van der Waals surface area contributed by atoms with Crippen molar-refractivity contribution in [3.8, 4) is 0 Å². The SMILES string of the molecule is Nc1c(NCCc2ccccc2)ncnc1Nc1ccc(F)cc1F. The molecule has 0 fully saturated rings. The van der Waals surface area contributed by atoms with Gasteiger partial charge in [0.05, 0.1) is 5.69 Å². The molecule has 2 aromatic carbocycles. The maximum Gasteiger partial charge on any atom is 0.159 e. The molecule has 3 rings (SSSR count). The second-order valence-electron chi connectivity index (χ2n) is 5.40. The second-order valence-corrected chi connectivity index (χ2v) is 5.40. The van der Waals surface area contributed by atoms with E-state index in [0.29, 0.717) is 12.4 Å². The van der Waals surface area contributed by atoms with Crippen molar-refractivity contribution < 1.29 is 8.78 Å². The van der Waals surface area contributed by atoms with Gasteiger partial charge < -0.3 is 16.4 Å². The molecule has 1 aromatic heterocycles. The predicted molar refractivity (Wildman–Crippen MR) is 94.7 cm³/mol. The van der Waals surface area contributed by atoms with E-state index in [4.69, 9.17) is 5.73 Å². The summed E-state index contributed by atoms with van der Waals surface area (Å²) in [5, 5.41) is 5.90.